The summed E-state index contributed by atoms with van der Waals surface area (Å²) < 4.78 is 5.10. The molecule has 2 rings (SSSR count). The molecule has 0 aliphatic heterocycles. The van der Waals surface area contributed by atoms with Crippen LogP contribution in [0.4, 0.5) is 0 Å². The number of halogens is 1. The molecular weight excluding hydrogens is 280 g/mol. The Morgan fingerprint density at radius 2 is 2.10 bits per heavy atom. The molecule has 0 spiro atoms. The fourth-order valence-electron chi connectivity index (χ4n) is 1.73. The van der Waals surface area contributed by atoms with Crippen molar-refractivity contribution in [1.29, 1.82) is 0 Å². The summed E-state index contributed by atoms with van der Waals surface area (Å²) in [6.45, 7) is 2.29. The van der Waals surface area contributed by atoms with Gasteiger partial charge < -0.3 is 15.5 Å². The van der Waals surface area contributed by atoms with Gasteiger partial charge in [0.2, 0.25) is 0 Å². The molecule has 1 amide bonds. The van der Waals surface area contributed by atoms with E-state index < -0.39 is 11.5 Å². The molecule has 0 bridgehead atoms. The zero-order valence-electron chi connectivity index (χ0n) is 11.1. The highest BCUT2D eigenvalue weighted by atomic mass is 35.5. The molecule has 1 aromatic carbocycles. The summed E-state index contributed by atoms with van der Waals surface area (Å²) in [6, 6.07) is 8.62. The van der Waals surface area contributed by atoms with Gasteiger partial charge in [-0.25, -0.2) is 4.79 Å². The predicted molar refractivity (Wildman–Crippen MR) is 80.3 cm³/mol. The summed E-state index contributed by atoms with van der Waals surface area (Å²) in [6.07, 6.45) is 0.657. The first-order valence-electron chi connectivity index (χ1n) is 6.14. The highest BCUT2D eigenvalue weighted by Gasteiger charge is 2.13. The zero-order chi connectivity index (χ0) is 13.8. The van der Waals surface area contributed by atoms with Crippen molar-refractivity contribution >= 4 is 29.3 Å². The van der Waals surface area contributed by atoms with Crippen molar-refractivity contribution in [2.24, 2.45) is 5.73 Å². The van der Waals surface area contributed by atoms with Gasteiger partial charge in [0.05, 0.1) is 0 Å². The van der Waals surface area contributed by atoms with Gasteiger partial charge in [0.1, 0.15) is 11.1 Å². The molecule has 6 heteroatoms. The minimum atomic E-state index is -0.628. The lowest BCUT2D eigenvalue weighted by molar-refractivity contribution is 0.0949. The van der Waals surface area contributed by atoms with Crippen LogP contribution in [0.5, 0.6) is 0 Å². The Hall–Kier alpha value is -1.85. The van der Waals surface area contributed by atoms with E-state index in [2.05, 4.69) is 5.32 Å². The van der Waals surface area contributed by atoms with Gasteiger partial charge in [0.15, 0.2) is 0 Å². The second-order valence-corrected chi connectivity index (χ2v) is 4.51. The van der Waals surface area contributed by atoms with E-state index in [0.29, 0.717) is 18.5 Å². The van der Waals surface area contributed by atoms with Gasteiger partial charge in [0.25, 0.3) is 5.91 Å². The minimum absolute atomic E-state index is 0. The van der Waals surface area contributed by atoms with Crippen LogP contribution in [-0.2, 0) is 0 Å². The number of amides is 1. The van der Waals surface area contributed by atoms with Crippen molar-refractivity contribution in [3.8, 4) is 0 Å². The van der Waals surface area contributed by atoms with Crippen molar-refractivity contribution in [3.05, 3.63) is 46.3 Å². The van der Waals surface area contributed by atoms with Gasteiger partial charge in [-0.2, -0.15) is 0 Å². The molecule has 20 heavy (non-hydrogen) atoms. The quantitative estimate of drug-likeness (QED) is 0.841. The number of fused-ring (bicyclic) bond motifs is 1. The number of benzene rings is 1. The molecule has 0 saturated heterocycles. The second-order valence-electron chi connectivity index (χ2n) is 4.51. The molecule has 2 aromatic rings. The van der Waals surface area contributed by atoms with Crippen LogP contribution in [-0.4, -0.2) is 18.5 Å². The molecule has 1 unspecified atom stereocenters. The van der Waals surface area contributed by atoms with E-state index >= 15 is 0 Å². The lowest BCUT2D eigenvalue weighted by Gasteiger charge is -2.07. The molecule has 0 aliphatic rings. The van der Waals surface area contributed by atoms with E-state index in [1.54, 1.807) is 24.3 Å². The lowest BCUT2D eigenvalue weighted by Crippen LogP contribution is -2.31. The molecular formula is C14H17ClN2O3. The van der Waals surface area contributed by atoms with Gasteiger partial charge >= 0.3 is 5.63 Å². The first kappa shape index (κ1) is 16.2. The molecule has 5 nitrogen and oxygen atoms in total. The Balaban J connectivity index is 0.00000200. The van der Waals surface area contributed by atoms with Crippen LogP contribution in [0.1, 0.15) is 23.7 Å². The molecule has 0 aliphatic carbocycles. The van der Waals surface area contributed by atoms with Crippen molar-refractivity contribution in [1.82, 2.24) is 5.32 Å². The Labute approximate surface area is 122 Å². The molecule has 1 atom stereocenters. The number of carbonyl (C=O) groups excluding carboxylic acids is 1. The van der Waals surface area contributed by atoms with Gasteiger partial charge in [-0.3, -0.25) is 4.79 Å². The monoisotopic (exact) mass is 296 g/mol. The third kappa shape index (κ3) is 3.82. The highest BCUT2D eigenvalue weighted by molar-refractivity contribution is 5.96. The van der Waals surface area contributed by atoms with Crippen molar-refractivity contribution < 1.29 is 9.21 Å². The minimum Gasteiger partial charge on any atom is -0.422 e. The summed E-state index contributed by atoms with van der Waals surface area (Å²) in [5, 5.41) is 3.38. The summed E-state index contributed by atoms with van der Waals surface area (Å²) >= 11 is 0. The molecule has 0 fully saturated rings. The zero-order valence-corrected chi connectivity index (χ0v) is 11.9. The number of nitrogens with one attached hydrogen (secondary N) is 1. The van der Waals surface area contributed by atoms with E-state index in [9.17, 15) is 9.59 Å². The highest BCUT2D eigenvalue weighted by Crippen LogP contribution is 2.12. The number of nitrogens with two attached hydrogens (primary N) is 1. The Morgan fingerprint density at radius 1 is 1.40 bits per heavy atom. The van der Waals surface area contributed by atoms with Crippen LogP contribution in [0.3, 0.4) is 0 Å². The first-order valence-corrected chi connectivity index (χ1v) is 6.14. The van der Waals surface area contributed by atoms with Gasteiger partial charge in [-0.15, -0.1) is 12.4 Å². The van der Waals surface area contributed by atoms with E-state index in [-0.39, 0.29) is 24.0 Å². The molecule has 1 aromatic heterocycles. The smallest absolute Gasteiger partial charge is 0.349 e. The number of hydrogen-bond acceptors (Lipinski definition) is 4. The van der Waals surface area contributed by atoms with E-state index in [1.165, 1.54) is 0 Å². The largest absolute Gasteiger partial charge is 0.422 e. The molecule has 108 valence electrons. The van der Waals surface area contributed by atoms with Crippen LogP contribution in [0, 0.1) is 0 Å². The third-order valence-corrected chi connectivity index (χ3v) is 2.77. The molecule has 3 N–H and O–H groups in total. The Kier molecular flexibility index (Phi) is 5.73. The molecule has 0 radical (unpaired) electrons. The first-order chi connectivity index (χ1) is 9.08. The van der Waals surface area contributed by atoms with Crippen molar-refractivity contribution in [2.45, 2.75) is 19.4 Å². The maximum absolute atomic E-state index is 11.9. The number of carbonyl (C=O) groups is 1. The van der Waals surface area contributed by atoms with Gasteiger partial charge in [-0.1, -0.05) is 18.2 Å². The fourth-order valence-corrected chi connectivity index (χ4v) is 1.73. The third-order valence-electron chi connectivity index (χ3n) is 2.77. The average Bonchev–Trinajstić information content (AvgIpc) is 2.37. The van der Waals surface area contributed by atoms with Crippen LogP contribution >= 0.6 is 12.4 Å². The van der Waals surface area contributed by atoms with Crippen LogP contribution in [0.2, 0.25) is 0 Å². The summed E-state index contributed by atoms with van der Waals surface area (Å²) in [4.78, 5) is 23.6. The summed E-state index contributed by atoms with van der Waals surface area (Å²) in [5.41, 5.74) is 5.45. The lowest BCUT2D eigenvalue weighted by atomic mass is 10.1. The topological polar surface area (TPSA) is 85.3 Å². The predicted octanol–water partition coefficient (Wildman–Crippen LogP) is 1.68. The maximum Gasteiger partial charge on any atom is 0.349 e. The van der Waals surface area contributed by atoms with Crippen LogP contribution in [0.15, 0.2) is 39.5 Å². The molecule has 1 heterocycles. The summed E-state index contributed by atoms with van der Waals surface area (Å²) in [7, 11) is 0. The fraction of sp³-hybridized carbons (Fsp3) is 0.286. The average molecular weight is 297 g/mol. The van der Waals surface area contributed by atoms with Crippen molar-refractivity contribution in [3.63, 3.8) is 0 Å². The normalized spacial score (nSPS) is 11.7. The molecule has 0 saturated carbocycles. The Bertz CT molecular complexity index is 652. The standard InChI is InChI=1S/C14H16N2O3.ClH/c1-9(15)6-7-16-13(17)11-8-10-4-2-3-5-12(10)19-14(11)18;/h2-5,8-9H,6-7,15H2,1H3,(H,16,17);1H. The van der Waals surface area contributed by atoms with Crippen molar-refractivity contribution in [2.75, 3.05) is 6.54 Å². The summed E-state index contributed by atoms with van der Waals surface area (Å²) in [5.74, 6) is -0.430. The van der Waals surface area contributed by atoms with Gasteiger partial charge in [0, 0.05) is 18.0 Å². The SMILES string of the molecule is CC(N)CCNC(=O)c1cc2ccccc2oc1=O.Cl. The van der Waals surface area contributed by atoms with E-state index in [4.69, 9.17) is 10.2 Å². The van der Waals surface area contributed by atoms with E-state index in [0.717, 1.165) is 5.39 Å². The Morgan fingerprint density at radius 3 is 2.80 bits per heavy atom. The van der Waals surface area contributed by atoms with Crippen LogP contribution in [0.25, 0.3) is 11.0 Å². The van der Waals surface area contributed by atoms with E-state index in [1.807, 2.05) is 13.0 Å². The van der Waals surface area contributed by atoms with Gasteiger partial charge in [-0.05, 0) is 25.5 Å². The number of para-hydroxylation sites is 1. The van der Waals surface area contributed by atoms with Crippen LogP contribution < -0.4 is 16.7 Å². The second kappa shape index (κ2) is 7.07. The number of hydrogen-bond donors (Lipinski definition) is 2. The maximum atomic E-state index is 11.9. The number of rotatable bonds is 4.